The van der Waals surface area contributed by atoms with Gasteiger partial charge in [-0.2, -0.15) is 0 Å². The third-order valence-corrected chi connectivity index (χ3v) is 3.93. The van der Waals surface area contributed by atoms with Gasteiger partial charge in [0.1, 0.15) is 0 Å². The number of rotatable bonds is 5. The number of nitrogens with one attached hydrogen (secondary N) is 1. The zero-order valence-corrected chi connectivity index (χ0v) is 12.8. The topological polar surface area (TPSA) is 28.7 Å². The number of aromatic amines is 1. The molecule has 0 fully saturated rings. The van der Waals surface area contributed by atoms with E-state index in [-0.39, 0.29) is 0 Å². The molecule has 0 saturated heterocycles. The van der Waals surface area contributed by atoms with Crippen LogP contribution in [0, 0.1) is 5.92 Å². The number of hydrogen-bond donors (Lipinski definition) is 1. The molecule has 0 spiro atoms. The molecule has 0 aliphatic rings. The highest BCUT2D eigenvalue weighted by Crippen LogP contribution is 2.24. The molecule has 1 N–H and O–H groups in total. The standard InChI is InChI=1S/C19H22N2/c1-14(2)12-17-16(9-8-15-6-4-3-5-7-15)10-11-18-19(17)21-13-20-18/h3-7,10-11,13-14H,8-9,12H2,1-2H3,(H,20,21). The van der Waals surface area contributed by atoms with Gasteiger partial charge in [-0.15, -0.1) is 0 Å². The van der Waals surface area contributed by atoms with Gasteiger partial charge in [-0.05, 0) is 47.9 Å². The Kier molecular flexibility index (Phi) is 4.05. The first-order valence-electron chi connectivity index (χ1n) is 7.72. The highest BCUT2D eigenvalue weighted by atomic mass is 14.9. The Balaban J connectivity index is 1.89. The lowest BCUT2D eigenvalue weighted by molar-refractivity contribution is 0.644. The van der Waals surface area contributed by atoms with Gasteiger partial charge >= 0.3 is 0 Å². The summed E-state index contributed by atoms with van der Waals surface area (Å²) < 4.78 is 0. The predicted octanol–water partition coefficient (Wildman–Crippen LogP) is 4.55. The lowest BCUT2D eigenvalue weighted by atomic mass is 9.93. The van der Waals surface area contributed by atoms with Crippen LogP contribution in [0.3, 0.4) is 0 Å². The summed E-state index contributed by atoms with van der Waals surface area (Å²) in [6.07, 6.45) is 5.05. The van der Waals surface area contributed by atoms with Gasteiger partial charge in [-0.25, -0.2) is 4.98 Å². The van der Waals surface area contributed by atoms with E-state index in [1.807, 2.05) is 0 Å². The molecule has 0 atom stereocenters. The van der Waals surface area contributed by atoms with E-state index in [1.54, 1.807) is 6.33 Å². The second kappa shape index (κ2) is 6.13. The molecular weight excluding hydrogens is 256 g/mol. The molecule has 0 amide bonds. The molecule has 21 heavy (non-hydrogen) atoms. The van der Waals surface area contributed by atoms with Gasteiger partial charge in [0.05, 0.1) is 17.4 Å². The van der Waals surface area contributed by atoms with Crippen molar-refractivity contribution < 1.29 is 0 Å². The van der Waals surface area contributed by atoms with Crippen LogP contribution in [0.1, 0.15) is 30.5 Å². The largest absolute Gasteiger partial charge is 0.345 e. The van der Waals surface area contributed by atoms with Gasteiger partial charge in [0, 0.05) is 0 Å². The maximum Gasteiger partial charge on any atom is 0.0931 e. The Hall–Kier alpha value is -2.09. The molecule has 0 unspecified atom stereocenters. The molecule has 1 aromatic heterocycles. The Morgan fingerprint density at radius 1 is 1.00 bits per heavy atom. The number of imidazole rings is 1. The van der Waals surface area contributed by atoms with Crippen molar-refractivity contribution in [3.63, 3.8) is 0 Å². The Morgan fingerprint density at radius 2 is 1.81 bits per heavy atom. The van der Waals surface area contributed by atoms with Crippen LogP contribution in [0.5, 0.6) is 0 Å². The number of aromatic nitrogens is 2. The molecule has 108 valence electrons. The van der Waals surface area contributed by atoms with E-state index >= 15 is 0 Å². The fourth-order valence-electron chi connectivity index (χ4n) is 2.90. The van der Waals surface area contributed by atoms with Crippen molar-refractivity contribution in [1.29, 1.82) is 0 Å². The van der Waals surface area contributed by atoms with Crippen molar-refractivity contribution in [2.75, 3.05) is 0 Å². The van der Waals surface area contributed by atoms with Crippen molar-refractivity contribution in [1.82, 2.24) is 9.97 Å². The second-order valence-electron chi connectivity index (χ2n) is 6.09. The zero-order chi connectivity index (χ0) is 14.7. The lowest BCUT2D eigenvalue weighted by Crippen LogP contribution is -2.02. The van der Waals surface area contributed by atoms with Crippen molar-refractivity contribution in [3.05, 3.63) is 65.5 Å². The van der Waals surface area contributed by atoms with Crippen LogP contribution in [0.25, 0.3) is 11.0 Å². The maximum absolute atomic E-state index is 4.53. The minimum atomic E-state index is 0.641. The molecule has 3 rings (SSSR count). The summed E-state index contributed by atoms with van der Waals surface area (Å²) in [4.78, 5) is 7.75. The number of aryl methyl sites for hydroxylation is 2. The Morgan fingerprint density at radius 3 is 2.57 bits per heavy atom. The van der Waals surface area contributed by atoms with Crippen LogP contribution >= 0.6 is 0 Å². The highest BCUT2D eigenvalue weighted by molar-refractivity contribution is 5.79. The van der Waals surface area contributed by atoms with Crippen LogP contribution in [0.4, 0.5) is 0 Å². The van der Waals surface area contributed by atoms with Gasteiger partial charge in [-0.3, -0.25) is 0 Å². The molecule has 0 radical (unpaired) electrons. The third kappa shape index (κ3) is 3.15. The number of H-pyrrole nitrogens is 1. The first-order valence-corrected chi connectivity index (χ1v) is 7.72. The first kappa shape index (κ1) is 13.9. The molecule has 0 aliphatic heterocycles. The minimum Gasteiger partial charge on any atom is -0.345 e. The molecular formula is C19H22N2. The number of benzene rings is 2. The SMILES string of the molecule is CC(C)Cc1c(CCc2ccccc2)ccc2[nH]cnc12. The quantitative estimate of drug-likeness (QED) is 0.729. The van der Waals surface area contributed by atoms with E-state index in [1.165, 1.54) is 16.7 Å². The maximum atomic E-state index is 4.53. The monoisotopic (exact) mass is 278 g/mol. The van der Waals surface area contributed by atoms with Gasteiger partial charge in [0.15, 0.2) is 0 Å². The summed E-state index contributed by atoms with van der Waals surface area (Å²) in [7, 11) is 0. The van der Waals surface area contributed by atoms with E-state index in [2.05, 4.69) is 66.3 Å². The fraction of sp³-hybridized carbons (Fsp3) is 0.316. The average Bonchev–Trinajstić information content (AvgIpc) is 2.96. The summed E-state index contributed by atoms with van der Waals surface area (Å²) in [5.74, 6) is 0.641. The minimum absolute atomic E-state index is 0.641. The number of nitrogens with zero attached hydrogens (tertiary/aromatic N) is 1. The van der Waals surface area contributed by atoms with Crippen molar-refractivity contribution in [2.45, 2.75) is 33.1 Å². The van der Waals surface area contributed by atoms with Crippen LogP contribution in [-0.4, -0.2) is 9.97 Å². The normalized spacial score (nSPS) is 11.4. The van der Waals surface area contributed by atoms with Gasteiger partial charge in [-0.1, -0.05) is 50.2 Å². The molecule has 2 heteroatoms. The fourth-order valence-corrected chi connectivity index (χ4v) is 2.90. The summed E-state index contributed by atoms with van der Waals surface area (Å²) in [6, 6.07) is 15.1. The smallest absolute Gasteiger partial charge is 0.0931 e. The third-order valence-electron chi connectivity index (χ3n) is 3.93. The summed E-state index contributed by atoms with van der Waals surface area (Å²) in [5, 5.41) is 0. The van der Waals surface area contributed by atoms with Gasteiger partial charge in [0.2, 0.25) is 0 Å². The molecule has 0 aliphatic carbocycles. The second-order valence-corrected chi connectivity index (χ2v) is 6.09. The number of fused-ring (bicyclic) bond motifs is 1. The van der Waals surface area contributed by atoms with Crippen LogP contribution < -0.4 is 0 Å². The summed E-state index contributed by atoms with van der Waals surface area (Å²) >= 11 is 0. The Bertz CT molecular complexity index is 711. The Labute approximate surface area is 126 Å². The van der Waals surface area contributed by atoms with Crippen LogP contribution in [-0.2, 0) is 19.3 Å². The molecule has 2 nitrogen and oxygen atoms in total. The molecule has 2 aromatic carbocycles. The summed E-state index contributed by atoms with van der Waals surface area (Å²) in [6.45, 7) is 4.54. The molecule has 0 bridgehead atoms. The van der Waals surface area contributed by atoms with Gasteiger partial charge < -0.3 is 4.98 Å². The van der Waals surface area contributed by atoms with Crippen LogP contribution in [0.2, 0.25) is 0 Å². The van der Waals surface area contributed by atoms with E-state index in [0.717, 1.165) is 30.3 Å². The van der Waals surface area contributed by atoms with Gasteiger partial charge in [0.25, 0.3) is 0 Å². The first-order chi connectivity index (χ1) is 10.2. The van der Waals surface area contributed by atoms with E-state index in [0.29, 0.717) is 5.92 Å². The van der Waals surface area contributed by atoms with Crippen molar-refractivity contribution >= 4 is 11.0 Å². The lowest BCUT2D eigenvalue weighted by Gasteiger charge is -2.13. The van der Waals surface area contributed by atoms with Crippen molar-refractivity contribution in [3.8, 4) is 0 Å². The predicted molar refractivity (Wildman–Crippen MR) is 88.5 cm³/mol. The summed E-state index contributed by atoms with van der Waals surface area (Å²) in [5.41, 5.74) is 6.55. The molecule has 3 aromatic rings. The zero-order valence-electron chi connectivity index (χ0n) is 12.8. The average molecular weight is 278 g/mol. The highest BCUT2D eigenvalue weighted by Gasteiger charge is 2.11. The van der Waals surface area contributed by atoms with E-state index in [4.69, 9.17) is 0 Å². The van der Waals surface area contributed by atoms with E-state index < -0.39 is 0 Å². The number of hydrogen-bond acceptors (Lipinski definition) is 1. The van der Waals surface area contributed by atoms with Crippen LogP contribution in [0.15, 0.2) is 48.8 Å². The van der Waals surface area contributed by atoms with E-state index in [9.17, 15) is 0 Å². The molecule has 0 saturated carbocycles. The van der Waals surface area contributed by atoms with Crippen molar-refractivity contribution in [2.24, 2.45) is 5.92 Å². The molecule has 1 heterocycles.